The molecule has 94 valence electrons. The molecule has 16 heavy (non-hydrogen) atoms. The summed E-state index contributed by atoms with van der Waals surface area (Å²) in [6.07, 6.45) is 6.10. The minimum absolute atomic E-state index is 0. The molecule has 1 aliphatic rings. The first-order chi connectivity index (χ1) is 6.83. The van der Waals surface area contributed by atoms with Gasteiger partial charge in [-0.2, -0.15) is 0 Å². The summed E-state index contributed by atoms with van der Waals surface area (Å²) in [6.45, 7) is 1.51. The van der Waals surface area contributed by atoms with Crippen LogP contribution in [0.1, 0.15) is 24.8 Å². The normalized spacial score (nSPS) is 24.4. The molecule has 2 heterocycles. The standard InChI is InChI=1S/C10H17N3O.2ClH/c1-13-5-4-12-10(13)9-8(7-11)3-2-6-14-9;;/h4-5,8-9H,2-3,6-7,11H2,1H3;2*1H. The van der Waals surface area contributed by atoms with E-state index in [2.05, 4.69) is 4.98 Å². The summed E-state index contributed by atoms with van der Waals surface area (Å²) in [7, 11) is 1.99. The lowest BCUT2D eigenvalue weighted by Gasteiger charge is -2.30. The first-order valence-electron chi connectivity index (χ1n) is 5.12. The van der Waals surface area contributed by atoms with E-state index in [1.165, 1.54) is 0 Å². The highest BCUT2D eigenvalue weighted by atomic mass is 35.5. The van der Waals surface area contributed by atoms with E-state index in [9.17, 15) is 0 Å². The van der Waals surface area contributed by atoms with Gasteiger partial charge in [0.2, 0.25) is 0 Å². The predicted molar refractivity (Wildman–Crippen MR) is 68.2 cm³/mol. The minimum Gasteiger partial charge on any atom is -0.370 e. The number of nitrogens with two attached hydrogens (primary N) is 1. The van der Waals surface area contributed by atoms with Crippen LogP contribution >= 0.6 is 24.8 Å². The molecule has 0 amide bonds. The largest absolute Gasteiger partial charge is 0.370 e. The maximum Gasteiger partial charge on any atom is 0.137 e. The molecule has 0 aliphatic carbocycles. The van der Waals surface area contributed by atoms with Crippen LogP contribution in [-0.4, -0.2) is 22.7 Å². The van der Waals surface area contributed by atoms with Crippen LogP contribution in [0.25, 0.3) is 0 Å². The molecule has 1 fully saturated rings. The predicted octanol–water partition coefficient (Wildman–Crippen LogP) is 1.69. The molecule has 2 unspecified atom stereocenters. The molecular weight excluding hydrogens is 249 g/mol. The van der Waals surface area contributed by atoms with Crippen LogP contribution in [0.4, 0.5) is 0 Å². The van der Waals surface area contributed by atoms with E-state index in [1.54, 1.807) is 6.20 Å². The van der Waals surface area contributed by atoms with Crippen LogP contribution < -0.4 is 5.73 Å². The van der Waals surface area contributed by atoms with Crippen molar-refractivity contribution in [3.05, 3.63) is 18.2 Å². The third-order valence-electron chi connectivity index (χ3n) is 2.86. The molecule has 2 N–H and O–H groups in total. The van der Waals surface area contributed by atoms with Gasteiger partial charge in [-0.1, -0.05) is 0 Å². The van der Waals surface area contributed by atoms with Gasteiger partial charge in [0.05, 0.1) is 0 Å². The van der Waals surface area contributed by atoms with Gasteiger partial charge in [-0.3, -0.25) is 0 Å². The minimum atomic E-state index is 0. The van der Waals surface area contributed by atoms with Crippen LogP contribution in [0, 0.1) is 5.92 Å². The second kappa shape index (κ2) is 7.12. The lowest BCUT2D eigenvalue weighted by atomic mass is 9.94. The highest BCUT2D eigenvalue weighted by Crippen LogP contribution is 2.31. The number of ether oxygens (including phenoxy) is 1. The van der Waals surface area contributed by atoms with Crippen LogP contribution in [0.3, 0.4) is 0 Å². The van der Waals surface area contributed by atoms with E-state index in [0.717, 1.165) is 25.3 Å². The molecule has 0 saturated carbocycles. The third-order valence-corrected chi connectivity index (χ3v) is 2.86. The Kier molecular flexibility index (Phi) is 6.99. The van der Waals surface area contributed by atoms with Crippen molar-refractivity contribution < 1.29 is 4.74 Å². The summed E-state index contributed by atoms with van der Waals surface area (Å²) < 4.78 is 7.76. The molecule has 0 spiro atoms. The van der Waals surface area contributed by atoms with Crippen LogP contribution in [0.15, 0.2) is 12.4 Å². The Morgan fingerprint density at radius 1 is 1.56 bits per heavy atom. The quantitative estimate of drug-likeness (QED) is 0.888. The molecule has 0 aromatic carbocycles. The van der Waals surface area contributed by atoms with Crippen LogP contribution in [0.2, 0.25) is 0 Å². The Balaban J connectivity index is 0.00000112. The number of imidazole rings is 1. The van der Waals surface area contributed by atoms with Crippen LogP contribution in [0.5, 0.6) is 0 Å². The summed E-state index contributed by atoms with van der Waals surface area (Å²) >= 11 is 0. The van der Waals surface area contributed by atoms with Crippen molar-refractivity contribution >= 4 is 24.8 Å². The second-order valence-electron chi connectivity index (χ2n) is 3.83. The zero-order valence-corrected chi connectivity index (χ0v) is 11.0. The number of halogens is 2. The summed E-state index contributed by atoms with van der Waals surface area (Å²) in [6, 6.07) is 0. The molecule has 1 saturated heterocycles. The highest BCUT2D eigenvalue weighted by Gasteiger charge is 2.28. The first kappa shape index (κ1) is 15.7. The number of rotatable bonds is 2. The molecule has 2 atom stereocenters. The van der Waals surface area contributed by atoms with Gasteiger partial charge in [0.25, 0.3) is 0 Å². The molecule has 1 aromatic heterocycles. The zero-order chi connectivity index (χ0) is 9.97. The first-order valence-corrected chi connectivity index (χ1v) is 5.12. The summed E-state index contributed by atoms with van der Waals surface area (Å²) in [5.41, 5.74) is 5.73. The molecule has 6 heteroatoms. The van der Waals surface area contributed by atoms with Crippen molar-refractivity contribution in [2.75, 3.05) is 13.2 Å². The van der Waals surface area contributed by atoms with E-state index >= 15 is 0 Å². The Bertz CT molecular complexity index is 306. The number of hydrogen-bond acceptors (Lipinski definition) is 3. The maximum atomic E-state index is 5.74. The third kappa shape index (κ3) is 3.10. The van der Waals surface area contributed by atoms with Gasteiger partial charge in [-0.15, -0.1) is 24.8 Å². The fourth-order valence-electron chi connectivity index (χ4n) is 2.02. The molecule has 0 bridgehead atoms. The van der Waals surface area contributed by atoms with Gasteiger partial charge in [-0.25, -0.2) is 4.98 Å². The summed E-state index contributed by atoms with van der Waals surface area (Å²) in [5.74, 6) is 1.42. The van der Waals surface area contributed by atoms with E-state index in [1.807, 2.05) is 17.8 Å². The van der Waals surface area contributed by atoms with Crippen molar-refractivity contribution in [3.8, 4) is 0 Å². The number of aromatic nitrogens is 2. The average Bonchev–Trinajstić information content (AvgIpc) is 2.64. The molecule has 4 nitrogen and oxygen atoms in total. The SMILES string of the molecule is Cl.Cl.Cn1ccnc1C1OCCCC1CN. The van der Waals surface area contributed by atoms with Crippen molar-refractivity contribution in [2.45, 2.75) is 18.9 Å². The maximum absolute atomic E-state index is 5.74. The van der Waals surface area contributed by atoms with Gasteiger partial charge < -0.3 is 15.0 Å². The summed E-state index contributed by atoms with van der Waals surface area (Å²) in [4.78, 5) is 4.32. The molecule has 1 aliphatic heterocycles. The molecular formula is C10H19Cl2N3O. The molecule has 2 rings (SSSR count). The van der Waals surface area contributed by atoms with Gasteiger partial charge in [0.15, 0.2) is 0 Å². The van der Waals surface area contributed by atoms with Gasteiger partial charge in [0, 0.05) is 32.0 Å². The number of aryl methyl sites for hydroxylation is 1. The topological polar surface area (TPSA) is 53.1 Å². The molecule has 1 aromatic rings. The van der Waals surface area contributed by atoms with Gasteiger partial charge in [0.1, 0.15) is 11.9 Å². The van der Waals surface area contributed by atoms with Crippen molar-refractivity contribution in [1.29, 1.82) is 0 Å². The lowest BCUT2D eigenvalue weighted by molar-refractivity contribution is -0.0317. The second-order valence-corrected chi connectivity index (χ2v) is 3.83. The van der Waals surface area contributed by atoms with E-state index in [4.69, 9.17) is 10.5 Å². The van der Waals surface area contributed by atoms with Crippen molar-refractivity contribution in [3.63, 3.8) is 0 Å². The fourth-order valence-corrected chi connectivity index (χ4v) is 2.02. The lowest BCUT2D eigenvalue weighted by Crippen LogP contribution is -2.30. The Labute approximate surface area is 108 Å². The Hall–Kier alpha value is -0.290. The van der Waals surface area contributed by atoms with Crippen molar-refractivity contribution in [2.24, 2.45) is 18.7 Å². The zero-order valence-electron chi connectivity index (χ0n) is 9.33. The number of hydrogen-bond donors (Lipinski definition) is 1. The smallest absolute Gasteiger partial charge is 0.137 e. The van der Waals surface area contributed by atoms with Gasteiger partial charge >= 0.3 is 0 Å². The van der Waals surface area contributed by atoms with E-state index in [0.29, 0.717) is 12.5 Å². The van der Waals surface area contributed by atoms with Crippen molar-refractivity contribution in [1.82, 2.24) is 9.55 Å². The highest BCUT2D eigenvalue weighted by molar-refractivity contribution is 5.85. The van der Waals surface area contributed by atoms with Crippen LogP contribution in [-0.2, 0) is 11.8 Å². The van der Waals surface area contributed by atoms with Gasteiger partial charge in [-0.05, 0) is 19.4 Å². The van der Waals surface area contributed by atoms with E-state index < -0.39 is 0 Å². The summed E-state index contributed by atoms with van der Waals surface area (Å²) in [5, 5.41) is 0. The molecule has 0 radical (unpaired) electrons. The monoisotopic (exact) mass is 267 g/mol. The Morgan fingerprint density at radius 2 is 2.31 bits per heavy atom. The van der Waals surface area contributed by atoms with E-state index in [-0.39, 0.29) is 30.9 Å². The average molecular weight is 268 g/mol. The Morgan fingerprint density at radius 3 is 2.88 bits per heavy atom. The fraction of sp³-hybridized carbons (Fsp3) is 0.700. The number of nitrogens with zero attached hydrogens (tertiary/aromatic N) is 2.